The molecule has 0 saturated carbocycles. The Balaban J connectivity index is 2.66. The minimum absolute atomic E-state index is 0.855. The van der Waals surface area contributed by atoms with Gasteiger partial charge in [-0.3, -0.25) is 0 Å². The second-order valence-electron chi connectivity index (χ2n) is 3.42. The zero-order valence-corrected chi connectivity index (χ0v) is 10.3. The summed E-state index contributed by atoms with van der Waals surface area (Å²) in [6.07, 6.45) is 1.03. The van der Waals surface area contributed by atoms with Gasteiger partial charge in [-0.15, -0.1) is 0 Å². The van der Waals surface area contributed by atoms with Crippen LogP contribution in [-0.4, -0.2) is 6.54 Å². The number of aryl methyl sites for hydroxylation is 1. The van der Waals surface area contributed by atoms with Gasteiger partial charge in [-0.1, -0.05) is 41.1 Å². The molecule has 1 N–H and O–H groups in total. The van der Waals surface area contributed by atoms with Crippen LogP contribution in [0.1, 0.15) is 18.9 Å². The van der Waals surface area contributed by atoms with E-state index in [1.54, 1.807) is 0 Å². The fourth-order valence-electron chi connectivity index (χ4n) is 1.13. The van der Waals surface area contributed by atoms with Gasteiger partial charge in [0.1, 0.15) is 0 Å². The third-order valence-electron chi connectivity index (χ3n) is 2.23. The molecular formula is C12H16BrN. The van der Waals surface area contributed by atoms with E-state index in [1.165, 1.54) is 16.8 Å². The Labute approximate surface area is 94.3 Å². The largest absolute Gasteiger partial charge is 0.381 e. The van der Waals surface area contributed by atoms with Gasteiger partial charge in [0.25, 0.3) is 0 Å². The van der Waals surface area contributed by atoms with E-state index < -0.39 is 0 Å². The van der Waals surface area contributed by atoms with E-state index in [2.05, 4.69) is 59.9 Å². The first-order valence-electron chi connectivity index (χ1n) is 4.80. The lowest BCUT2D eigenvalue weighted by Gasteiger charge is -2.10. The highest BCUT2D eigenvalue weighted by atomic mass is 79.9. The molecule has 0 aliphatic heterocycles. The van der Waals surface area contributed by atoms with Crippen LogP contribution in [0, 0.1) is 6.92 Å². The highest BCUT2D eigenvalue weighted by Crippen LogP contribution is 2.20. The Morgan fingerprint density at radius 1 is 1.50 bits per heavy atom. The number of benzene rings is 1. The molecule has 1 rings (SSSR count). The van der Waals surface area contributed by atoms with Gasteiger partial charge < -0.3 is 5.32 Å². The van der Waals surface area contributed by atoms with Gasteiger partial charge >= 0.3 is 0 Å². The number of hydrogen-bond donors (Lipinski definition) is 1. The van der Waals surface area contributed by atoms with E-state index in [9.17, 15) is 0 Å². The smallest absolute Gasteiger partial charge is 0.0383 e. The first-order chi connectivity index (χ1) is 6.63. The molecule has 0 bridgehead atoms. The molecule has 76 valence electrons. The standard InChI is InChI=1S/C12H16BrN/c1-4-9(2)8-14-12-7-11(13)6-5-10(12)3/h5-7,14H,2,4,8H2,1,3H3. The van der Waals surface area contributed by atoms with E-state index in [-0.39, 0.29) is 0 Å². The van der Waals surface area contributed by atoms with Crippen LogP contribution in [0.15, 0.2) is 34.8 Å². The molecule has 0 spiro atoms. The van der Waals surface area contributed by atoms with E-state index >= 15 is 0 Å². The lowest BCUT2D eigenvalue weighted by molar-refractivity contribution is 1.05. The summed E-state index contributed by atoms with van der Waals surface area (Å²) in [5, 5.41) is 3.37. The van der Waals surface area contributed by atoms with E-state index in [1.807, 2.05) is 0 Å². The second kappa shape index (κ2) is 5.20. The molecule has 1 aromatic rings. The summed E-state index contributed by atoms with van der Waals surface area (Å²) in [6, 6.07) is 6.24. The van der Waals surface area contributed by atoms with Crippen LogP contribution in [0.5, 0.6) is 0 Å². The zero-order chi connectivity index (χ0) is 10.6. The van der Waals surface area contributed by atoms with Crippen molar-refractivity contribution in [1.29, 1.82) is 0 Å². The van der Waals surface area contributed by atoms with Gasteiger partial charge in [-0.05, 0) is 31.0 Å². The van der Waals surface area contributed by atoms with Crippen molar-refractivity contribution >= 4 is 21.6 Å². The van der Waals surface area contributed by atoms with E-state index in [4.69, 9.17) is 0 Å². The minimum atomic E-state index is 0.855. The van der Waals surface area contributed by atoms with Gasteiger partial charge in [0.15, 0.2) is 0 Å². The highest BCUT2D eigenvalue weighted by Gasteiger charge is 1.98. The van der Waals surface area contributed by atoms with E-state index in [0.717, 1.165) is 17.4 Å². The average molecular weight is 254 g/mol. The Hall–Kier alpha value is -0.760. The Morgan fingerprint density at radius 3 is 2.86 bits per heavy atom. The fourth-order valence-corrected chi connectivity index (χ4v) is 1.49. The number of nitrogens with one attached hydrogen (secondary N) is 1. The third-order valence-corrected chi connectivity index (χ3v) is 2.72. The fraction of sp³-hybridized carbons (Fsp3) is 0.333. The van der Waals surface area contributed by atoms with Crippen LogP contribution in [0.2, 0.25) is 0 Å². The van der Waals surface area contributed by atoms with Gasteiger partial charge in [-0.2, -0.15) is 0 Å². The molecular weight excluding hydrogens is 238 g/mol. The van der Waals surface area contributed by atoms with Crippen molar-refractivity contribution in [3.05, 3.63) is 40.4 Å². The highest BCUT2D eigenvalue weighted by molar-refractivity contribution is 9.10. The van der Waals surface area contributed by atoms with Crippen molar-refractivity contribution in [2.24, 2.45) is 0 Å². The van der Waals surface area contributed by atoms with Crippen LogP contribution in [0.3, 0.4) is 0 Å². The van der Waals surface area contributed by atoms with Crippen molar-refractivity contribution in [2.75, 3.05) is 11.9 Å². The molecule has 0 aromatic heterocycles. The molecule has 0 unspecified atom stereocenters. The summed E-state index contributed by atoms with van der Waals surface area (Å²) < 4.78 is 1.10. The van der Waals surface area contributed by atoms with Crippen molar-refractivity contribution in [2.45, 2.75) is 20.3 Å². The van der Waals surface area contributed by atoms with Crippen molar-refractivity contribution < 1.29 is 0 Å². The maximum Gasteiger partial charge on any atom is 0.0383 e. The normalized spacial score (nSPS) is 9.93. The predicted octanol–water partition coefficient (Wildman–Crippen LogP) is 4.14. The van der Waals surface area contributed by atoms with Gasteiger partial charge in [0.2, 0.25) is 0 Å². The molecule has 0 radical (unpaired) electrons. The second-order valence-corrected chi connectivity index (χ2v) is 4.33. The Morgan fingerprint density at radius 2 is 2.21 bits per heavy atom. The molecule has 1 aromatic carbocycles. The number of hydrogen-bond acceptors (Lipinski definition) is 1. The van der Waals surface area contributed by atoms with E-state index in [0.29, 0.717) is 0 Å². The molecule has 14 heavy (non-hydrogen) atoms. The molecule has 0 atom stereocenters. The first kappa shape index (κ1) is 11.3. The average Bonchev–Trinajstić information content (AvgIpc) is 2.19. The summed E-state index contributed by atoms with van der Waals surface area (Å²) in [6.45, 7) is 9.04. The quantitative estimate of drug-likeness (QED) is 0.796. The molecule has 0 fully saturated rings. The van der Waals surface area contributed by atoms with Gasteiger partial charge in [-0.25, -0.2) is 0 Å². The lowest BCUT2D eigenvalue weighted by Crippen LogP contribution is -2.04. The Kier molecular flexibility index (Phi) is 4.21. The number of rotatable bonds is 4. The first-order valence-corrected chi connectivity index (χ1v) is 5.59. The van der Waals surface area contributed by atoms with Crippen LogP contribution < -0.4 is 5.32 Å². The molecule has 1 nitrogen and oxygen atoms in total. The third kappa shape index (κ3) is 3.18. The molecule has 0 aliphatic carbocycles. The lowest BCUT2D eigenvalue weighted by atomic mass is 10.2. The zero-order valence-electron chi connectivity index (χ0n) is 8.73. The maximum atomic E-state index is 3.97. The minimum Gasteiger partial charge on any atom is -0.381 e. The van der Waals surface area contributed by atoms with Crippen molar-refractivity contribution in [1.82, 2.24) is 0 Å². The summed E-state index contributed by atoms with van der Waals surface area (Å²) in [7, 11) is 0. The number of anilines is 1. The summed E-state index contributed by atoms with van der Waals surface area (Å²) in [5.41, 5.74) is 3.66. The van der Waals surface area contributed by atoms with Crippen molar-refractivity contribution in [3.8, 4) is 0 Å². The number of halogens is 1. The van der Waals surface area contributed by atoms with Crippen molar-refractivity contribution in [3.63, 3.8) is 0 Å². The van der Waals surface area contributed by atoms with Gasteiger partial charge in [0.05, 0.1) is 0 Å². The predicted molar refractivity (Wildman–Crippen MR) is 66.8 cm³/mol. The van der Waals surface area contributed by atoms with Gasteiger partial charge in [0, 0.05) is 16.7 Å². The maximum absolute atomic E-state index is 3.97. The summed E-state index contributed by atoms with van der Waals surface area (Å²) >= 11 is 3.46. The summed E-state index contributed by atoms with van der Waals surface area (Å²) in [4.78, 5) is 0. The molecule has 2 heteroatoms. The van der Waals surface area contributed by atoms with Crippen LogP contribution in [-0.2, 0) is 0 Å². The van der Waals surface area contributed by atoms with Crippen LogP contribution in [0.25, 0.3) is 0 Å². The molecule has 0 saturated heterocycles. The molecule has 0 amide bonds. The van der Waals surface area contributed by atoms with Crippen LogP contribution in [0.4, 0.5) is 5.69 Å². The molecule has 0 aliphatic rings. The molecule has 0 heterocycles. The summed E-state index contributed by atoms with van der Waals surface area (Å²) in [5.74, 6) is 0. The Bertz CT molecular complexity index is 331. The SMILES string of the molecule is C=C(CC)CNc1cc(Br)ccc1C. The van der Waals surface area contributed by atoms with Crippen LogP contribution >= 0.6 is 15.9 Å². The topological polar surface area (TPSA) is 12.0 Å². The monoisotopic (exact) mass is 253 g/mol.